The maximum Gasteiger partial charge on any atom is 0.410 e. The van der Waals surface area contributed by atoms with Gasteiger partial charge < -0.3 is 19.7 Å². The van der Waals surface area contributed by atoms with Crippen molar-refractivity contribution in [3.63, 3.8) is 0 Å². The number of nitro benzene ring substituents is 1. The molecule has 0 radical (unpaired) electrons. The lowest BCUT2D eigenvalue weighted by molar-refractivity contribution is -0.384. The van der Waals surface area contributed by atoms with Crippen molar-refractivity contribution in [1.82, 2.24) is 10.2 Å². The zero-order valence-electron chi connectivity index (χ0n) is 16.2. The molecule has 0 saturated carbocycles. The minimum Gasteiger partial charge on any atom is -0.445 e. The molecule has 160 valence electrons. The molecule has 2 rings (SSSR count). The van der Waals surface area contributed by atoms with Crippen molar-refractivity contribution < 1.29 is 24.0 Å². The van der Waals surface area contributed by atoms with E-state index in [9.17, 15) is 19.7 Å². The number of non-ortho nitro benzene ring substituents is 1. The smallest absolute Gasteiger partial charge is 0.410 e. The Balaban J connectivity index is 1.98. The van der Waals surface area contributed by atoms with Gasteiger partial charge in [0.25, 0.3) is 5.69 Å². The topological polar surface area (TPSA) is 111 Å². The van der Waals surface area contributed by atoms with Crippen molar-refractivity contribution in [3.05, 3.63) is 39.9 Å². The highest BCUT2D eigenvalue weighted by atomic mass is 32.1. The minimum absolute atomic E-state index is 0.0155. The number of likely N-dealkylation sites (tertiary alicyclic amines) is 1. The summed E-state index contributed by atoms with van der Waals surface area (Å²) < 4.78 is 10.2. The molecule has 1 aliphatic rings. The van der Waals surface area contributed by atoms with Gasteiger partial charge in [0, 0.05) is 48.2 Å². The molecule has 1 heterocycles. The third-order valence-corrected chi connectivity index (χ3v) is 5.94. The van der Waals surface area contributed by atoms with Crippen LogP contribution in [0, 0.1) is 16.0 Å². The Morgan fingerprint density at radius 3 is 2.62 bits per heavy atom. The highest BCUT2D eigenvalue weighted by molar-refractivity contribution is 7.81. The number of hydrogen-bond acceptors (Lipinski definition) is 8. The van der Waals surface area contributed by atoms with Crippen LogP contribution in [0.5, 0.6) is 0 Å². The molecule has 2 unspecified atom stereocenters. The number of carbonyl (C=O) groups excluding carboxylic acids is 2. The lowest BCUT2D eigenvalue weighted by Crippen LogP contribution is -2.46. The molecule has 29 heavy (non-hydrogen) atoms. The van der Waals surface area contributed by atoms with Crippen LogP contribution in [0.2, 0.25) is 0 Å². The van der Waals surface area contributed by atoms with Gasteiger partial charge in [-0.1, -0.05) is 6.92 Å². The summed E-state index contributed by atoms with van der Waals surface area (Å²) in [5.41, 5.74) is 0.605. The molecule has 0 spiro atoms. The summed E-state index contributed by atoms with van der Waals surface area (Å²) >= 11 is 9.07. The predicted octanol–water partition coefficient (Wildman–Crippen LogP) is 2.26. The third-order valence-electron chi connectivity index (χ3n) is 4.78. The standard InChI is InChI=1S/C18H25N3O6S2/c1-11(17(22)19-10-26-2)16(29)15-7-14(28)8-20(15)18(23)27-9-12-3-5-13(6-4-12)21(24)25/h3-6,11,14-16,28-29H,7-10H2,1-2H3,(H,19,22)/t11?,14-,15+,16?/m1/s1. The number of nitrogens with one attached hydrogen (secondary N) is 1. The monoisotopic (exact) mass is 443 g/mol. The van der Waals surface area contributed by atoms with Crippen molar-refractivity contribution in [3.8, 4) is 0 Å². The van der Waals surface area contributed by atoms with Gasteiger partial charge in [-0.05, 0) is 24.1 Å². The van der Waals surface area contributed by atoms with Crippen LogP contribution in [-0.4, -0.2) is 58.8 Å². The van der Waals surface area contributed by atoms with Gasteiger partial charge in [0.15, 0.2) is 0 Å². The lowest BCUT2D eigenvalue weighted by atomic mass is 9.98. The van der Waals surface area contributed by atoms with Gasteiger partial charge in [0.2, 0.25) is 5.91 Å². The van der Waals surface area contributed by atoms with Gasteiger partial charge in [0.1, 0.15) is 13.3 Å². The van der Waals surface area contributed by atoms with Crippen LogP contribution in [0.25, 0.3) is 0 Å². The Morgan fingerprint density at radius 1 is 1.38 bits per heavy atom. The first-order chi connectivity index (χ1) is 13.7. The Morgan fingerprint density at radius 2 is 2.03 bits per heavy atom. The second-order valence-electron chi connectivity index (χ2n) is 6.84. The number of rotatable bonds is 8. The lowest BCUT2D eigenvalue weighted by Gasteiger charge is -2.31. The number of benzene rings is 1. The number of ether oxygens (including phenoxy) is 2. The van der Waals surface area contributed by atoms with E-state index < -0.39 is 22.2 Å². The summed E-state index contributed by atoms with van der Waals surface area (Å²) in [6.07, 6.45) is 0.0553. The second-order valence-corrected chi connectivity index (χ2v) is 8.17. The van der Waals surface area contributed by atoms with E-state index in [2.05, 4.69) is 30.6 Å². The van der Waals surface area contributed by atoms with E-state index in [1.807, 2.05) is 0 Å². The quantitative estimate of drug-likeness (QED) is 0.246. The Bertz CT molecular complexity index is 733. The van der Waals surface area contributed by atoms with E-state index >= 15 is 0 Å². The molecule has 1 aromatic carbocycles. The molecule has 11 heteroatoms. The van der Waals surface area contributed by atoms with Crippen molar-refractivity contribution in [2.75, 3.05) is 20.4 Å². The molecular weight excluding hydrogens is 418 g/mol. The maximum absolute atomic E-state index is 12.6. The molecular formula is C18H25N3O6S2. The van der Waals surface area contributed by atoms with E-state index in [0.29, 0.717) is 18.5 Å². The van der Waals surface area contributed by atoms with Crippen molar-refractivity contribution in [2.24, 2.45) is 5.92 Å². The largest absolute Gasteiger partial charge is 0.445 e. The van der Waals surface area contributed by atoms with E-state index in [-0.39, 0.29) is 36.2 Å². The molecule has 0 bridgehead atoms. The van der Waals surface area contributed by atoms with Crippen LogP contribution in [0.1, 0.15) is 18.9 Å². The summed E-state index contributed by atoms with van der Waals surface area (Å²) in [7, 11) is 1.48. The first kappa shape index (κ1) is 23.3. The van der Waals surface area contributed by atoms with Crippen LogP contribution in [-0.2, 0) is 20.9 Å². The average Bonchev–Trinajstić information content (AvgIpc) is 3.11. The summed E-state index contributed by atoms with van der Waals surface area (Å²) in [6, 6.07) is 5.48. The van der Waals surface area contributed by atoms with Gasteiger partial charge in [-0.3, -0.25) is 14.9 Å². The summed E-state index contributed by atoms with van der Waals surface area (Å²) in [5.74, 6) is -0.671. The van der Waals surface area contributed by atoms with Crippen molar-refractivity contribution in [2.45, 2.75) is 36.5 Å². The fourth-order valence-electron chi connectivity index (χ4n) is 3.11. The summed E-state index contributed by atoms with van der Waals surface area (Å²) in [5, 5.41) is 12.9. The van der Waals surface area contributed by atoms with E-state index in [4.69, 9.17) is 9.47 Å². The fraction of sp³-hybridized carbons (Fsp3) is 0.556. The van der Waals surface area contributed by atoms with Crippen LogP contribution in [0.4, 0.5) is 10.5 Å². The molecule has 4 atom stereocenters. The van der Waals surface area contributed by atoms with Gasteiger partial charge >= 0.3 is 6.09 Å². The first-order valence-electron chi connectivity index (χ1n) is 9.04. The number of amides is 2. The fourth-order valence-corrected chi connectivity index (χ4v) is 3.92. The van der Waals surface area contributed by atoms with E-state index in [1.54, 1.807) is 11.8 Å². The molecule has 0 aromatic heterocycles. The van der Waals surface area contributed by atoms with E-state index in [0.717, 1.165) is 0 Å². The molecule has 1 N–H and O–H groups in total. The summed E-state index contributed by atoms with van der Waals surface area (Å²) in [6.45, 7) is 2.22. The number of carbonyl (C=O) groups is 2. The zero-order valence-corrected chi connectivity index (χ0v) is 18.0. The van der Waals surface area contributed by atoms with Gasteiger partial charge in [-0.2, -0.15) is 25.3 Å². The minimum atomic E-state index is -0.534. The molecule has 0 aliphatic carbocycles. The number of nitro groups is 1. The number of thiol groups is 2. The second kappa shape index (κ2) is 10.7. The Hall–Kier alpha value is -1.98. The van der Waals surface area contributed by atoms with Gasteiger partial charge in [-0.25, -0.2) is 4.79 Å². The zero-order chi connectivity index (χ0) is 21.6. The molecule has 1 aliphatic heterocycles. The normalized spacial score (nSPS) is 20.8. The highest BCUT2D eigenvalue weighted by Gasteiger charge is 2.41. The van der Waals surface area contributed by atoms with Crippen molar-refractivity contribution >= 4 is 42.9 Å². The predicted molar refractivity (Wildman–Crippen MR) is 113 cm³/mol. The molecule has 1 aromatic rings. The Kier molecular flexibility index (Phi) is 8.60. The molecule has 9 nitrogen and oxygen atoms in total. The molecule has 1 fully saturated rings. The highest BCUT2D eigenvalue weighted by Crippen LogP contribution is 2.31. The SMILES string of the molecule is COCNC(=O)C(C)C(S)[C@@H]1C[C@@H](S)CN1C(=O)OCc1ccc([N+](=O)[O-])cc1. The summed E-state index contributed by atoms with van der Waals surface area (Å²) in [4.78, 5) is 36.6. The average molecular weight is 444 g/mol. The Labute approximate surface area is 180 Å². The third kappa shape index (κ3) is 6.25. The van der Waals surface area contributed by atoms with Crippen LogP contribution in [0.3, 0.4) is 0 Å². The van der Waals surface area contributed by atoms with Crippen LogP contribution in [0.15, 0.2) is 24.3 Å². The number of hydrogen-bond donors (Lipinski definition) is 3. The van der Waals surface area contributed by atoms with E-state index in [1.165, 1.54) is 31.4 Å². The van der Waals surface area contributed by atoms with Crippen LogP contribution >= 0.6 is 25.3 Å². The van der Waals surface area contributed by atoms with Crippen molar-refractivity contribution in [1.29, 1.82) is 0 Å². The first-order valence-corrected chi connectivity index (χ1v) is 10.1. The molecule has 2 amide bonds. The number of methoxy groups -OCH3 is 1. The molecule has 1 saturated heterocycles. The van der Waals surface area contributed by atoms with Gasteiger partial charge in [0.05, 0.1) is 4.92 Å². The number of nitrogens with zero attached hydrogens (tertiary/aromatic N) is 2. The van der Waals surface area contributed by atoms with Gasteiger partial charge in [-0.15, -0.1) is 0 Å². The van der Waals surface area contributed by atoms with Crippen LogP contribution < -0.4 is 5.32 Å². The maximum atomic E-state index is 12.6.